The van der Waals surface area contributed by atoms with Gasteiger partial charge in [-0.2, -0.15) is 0 Å². The van der Waals surface area contributed by atoms with Gasteiger partial charge in [-0.3, -0.25) is 0 Å². The van der Waals surface area contributed by atoms with Crippen molar-refractivity contribution in [3.8, 4) is 0 Å². The van der Waals surface area contributed by atoms with Crippen LogP contribution in [0.2, 0.25) is 0 Å². The predicted octanol–water partition coefficient (Wildman–Crippen LogP) is 0.174. The zero-order valence-electron chi connectivity index (χ0n) is 6.30. The summed E-state index contributed by atoms with van der Waals surface area (Å²) in [6, 6.07) is 0. The van der Waals surface area contributed by atoms with Crippen molar-refractivity contribution in [1.29, 1.82) is 0 Å². The van der Waals surface area contributed by atoms with E-state index in [1.54, 1.807) is 7.11 Å². The Morgan fingerprint density at radius 3 is 2.80 bits per heavy atom. The zero-order chi connectivity index (χ0) is 7.45. The fourth-order valence-corrected chi connectivity index (χ4v) is 1.18. The van der Waals surface area contributed by atoms with Crippen LogP contribution < -0.4 is 0 Å². The highest BCUT2D eigenvalue weighted by Gasteiger charge is 2.31. The molecule has 0 saturated carbocycles. The normalized spacial score (nSPS) is 34.2. The van der Waals surface area contributed by atoms with Crippen LogP contribution in [0.5, 0.6) is 0 Å². The van der Waals surface area contributed by atoms with Crippen LogP contribution in [-0.4, -0.2) is 37.6 Å². The van der Waals surface area contributed by atoms with Gasteiger partial charge in [0.1, 0.15) is 5.60 Å². The van der Waals surface area contributed by atoms with E-state index in [4.69, 9.17) is 14.6 Å². The maximum absolute atomic E-state index is 8.94. The number of hydrogen-bond donors (Lipinski definition) is 1. The fourth-order valence-electron chi connectivity index (χ4n) is 1.18. The standard InChI is InChI=1S/C7H14O3/c1-9-7(5-8)3-2-4-10-6-7/h8H,2-6H2,1H3. The maximum Gasteiger partial charge on any atom is 0.114 e. The first-order valence-corrected chi connectivity index (χ1v) is 3.57. The highest BCUT2D eigenvalue weighted by molar-refractivity contribution is 4.81. The summed E-state index contributed by atoms with van der Waals surface area (Å²) < 4.78 is 10.3. The molecule has 1 unspecified atom stereocenters. The van der Waals surface area contributed by atoms with E-state index in [9.17, 15) is 0 Å². The molecule has 0 aromatic heterocycles. The Labute approximate surface area is 60.9 Å². The molecule has 0 spiro atoms. The smallest absolute Gasteiger partial charge is 0.114 e. The van der Waals surface area contributed by atoms with Crippen molar-refractivity contribution in [3.63, 3.8) is 0 Å². The Morgan fingerprint density at radius 1 is 1.70 bits per heavy atom. The van der Waals surface area contributed by atoms with E-state index in [0.29, 0.717) is 6.61 Å². The molecule has 0 radical (unpaired) electrons. The van der Waals surface area contributed by atoms with Crippen molar-refractivity contribution in [2.45, 2.75) is 18.4 Å². The molecule has 0 aromatic carbocycles. The van der Waals surface area contributed by atoms with E-state index >= 15 is 0 Å². The molecule has 1 aliphatic heterocycles. The molecule has 1 aliphatic rings. The third kappa shape index (κ3) is 1.48. The summed E-state index contributed by atoms with van der Waals surface area (Å²) in [4.78, 5) is 0. The first-order valence-electron chi connectivity index (χ1n) is 3.57. The Kier molecular flexibility index (Phi) is 2.65. The molecule has 10 heavy (non-hydrogen) atoms. The third-order valence-electron chi connectivity index (χ3n) is 2.01. The first-order chi connectivity index (χ1) is 4.83. The molecule has 3 nitrogen and oxygen atoms in total. The second-order valence-corrected chi connectivity index (χ2v) is 2.70. The maximum atomic E-state index is 8.94. The molecular formula is C7H14O3. The second kappa shape index (κ2) is 3.32. The van der Waals surface area contributed by atoms with E-state index in [2.05, 4.69) is 0 Å². The minimum atomic E-state index is -0.405. The summed E-state index contributed by atoms with van der Waals surface area (Å²) in [6.45, 7) is 1.38. The number of hydrogen-bond acceptors (Lipinski definition) is 3. The number of aliphatic hydroxyl groups excluding tert-OH is 1. The molecule has 0 bridgehead atoms. The van der Waals surface area contributed by atoms with Gasteiger partial charge in [-0.15, -0.1) is 0 Å². The quantitative estimate of drug-likeness (QED) is 0.603. The molecule has 0 aromatic rings. The van der Waals surface area contributed by atoms with Gasteiger partial charge in [0.25, 0.3) is 0 Å². The molecular weight excluding hydrogens is 132 g/mol. The average molecular weight is 146 g/mol. The van der Waals surface area contributed by atoms with E-state index in [-0.39, 0.29) is 6.61 Å². The Hall–Kier alpha value is -0.120. The molecule has 1 saturated heterocycles. The van der Waals surface area contributed by atoms with Crippen molar-refractivity contribution in [2.75, 3.05) is 26.9 Å². The topological polar surface area (TPSA) is 38.7 Å². The molecule has 0 amide bonds. The molecule has 0 aliphatic carbocycles. The van der Waals surface area contributed by atoms with Gasteiger partial charge in [-0.25, -0.2) is 0 Å². The van der Waals surface area contributed by atoms with Gasteiger partial charge in [-0.05, 0) is 12.8 Å². The largest absolute Gasteiger partial charge is 0.393 e. The minimum absolute atomic E-state index is 0.0590. The van der Waals surface area contributed by atoms with Gasteiger partial charge in [0.05, 0.1) is 13.2 Å². The van der Waals surface area contributed by atoms with Gasteiger partial charge in [0, 0.05) is 13.7 Å². The second-order valence-electron chi connectivity index (χ2n) is 2.70. The van der Waals surface area contributed by atoms with Crippen LogP contribution in [-0.2, 0) is 9.47 Å². The number of aliphatic hydroxyl groups is 1. The Bertz CT molecular complexity index is 91.0. The lowest BCUT2D eigenvalue weighted by molar-refractivity contribution is -0.132. The van der Waals surface area contributed by atoms with Gasteiger partial charge >= 0.3 is 0 Å². The zero-order valence-corrected chi connectivity index (χ0v) is 6.30. The van der Waals surface area contributed by atoms with Gasteiger partial charge in [0.15, 0.2) is 0 Å². The summed E-state index contributed by atoms with van der Waals surface area (Å²) in [6.07, 6.45) is 1.88. The van der Waals surface area contributed by atoms with Crippen LogP contribution in [0.4, 0.5) is 0 Å². The average Bonchev–Trinajstić information content (AvgIpc) is 2.06. The highest BCUT2D eigenvalue weighted by Crippen LogP contribution is 2.21. The number of rotatable bonds is 2. The lowest BCUT2D eigenvalue weighted by atomic mass is 9.98. The number of methoxy groups -OCH3 is 1. The van der Waals surface area contributed by atoms with Crippen LogP contribution in [0, 0.1) is 0 Å². The van der Waals surface area contributed by atoms with Crippen LogP contribution in [0.15, 0.2) is 0 Å². The minimum Gasteiger partial charge on any atom is -0.393 e. The molecule has 1 fully saturated rings. The molecule has 1 rings (SSSR count). The van der Waals surface area contributed by atoms with E-state index in [1.165, 1.54) is 0 Å². The van der Waals surface area contributed by atoms with Crippen LogP contribution in [0.25, 0.3) is 0 Å². The van der Waals surface area contributed by atoms with Crippen LogP contribution in [0.1, 0.15) is 12.8 Å². The SMILES string of the molecule is COC1(CO)CCCOC1. The lowest BCUT2D eigenvalue weighted by Gasteiger charge is -2.33. The van der Waals surface area contributed by atoms with Crippen molar-refractivity contribution in [2.24, 2.45) is 0 Å². The Balaban J connectivity index is 2.44. The monoisotopic (exact) mass is 146 g/mol. The van der Waals surface area contributed by atoms with Crippen LogP contribution in [0.3, 0.4) is 0 Å². The van der Waals surface area contributed by atoms with Crippen molar-refractivity contribution in [1.82, 2.24) is 0 Å². The lowest BCUT2D eigenvalue weighted by Crippen LogP contribution is -2.43. The van der Waals surface area contributed by atoms with E-state index in [1.807, 2.05) is 0 Å². The summed E-state index contributed by atoms with van der Waals surface area (Å²) in [5, 5.41) is 8.94. The molecule has 1 atom stereocenters. The Morgan fingerprint density at radius 2 is 2.50 bits per heavy atom. The summed E-state index contributed by atoms with van der Waals surface area (Å²) in [5.41, 5.74) is -0.405. The van der Waals surface area contributed by atoms with Gasteiger partial charge in [-0.1, -0.05) is 0 Å². The van der Waals surface area contributed by atoms with Gasteiger partial charge < -0.3 is 14.6 Å². The van der Waals surface area contributed by atoms with Crippen LogP contribution >= 0.6 is 0 Å². The summed E-state index contributed by atoms with van der Waals surface area (Å²) >= 11 is 0. The molecule has 1 heterocycles. The van der Waals surface area contributed by atoms with Crippen molar-refractivity contribution >= 4 is 0 Å². The van der Waals surface area contributed by atoms with Gasteiger partial charge in [0.2, 0.25) is 0 Å². The summed E-state index contributed by atoms with van der Waals surface area (Å²) in [5.74, 6) is 0. The fraction of sp³-hybridized carbons (Fsp3) is 1.00. The molecule has 60 valence electrons. The first kappa shape index (κ1) is 7.98. The van der Waals surface area contributed by atoms with Crippen molar-refractivity contribution in [3.05, 3.63) is 0 Å². The van der Waals surface area contributed by atoms with E-state index in [0.717, 1.165) is 19.4 Å². The molecule has 3 heteroatoms. The van der Waals surface area contributed by atoms with E-state index < -0.39 is 5.60 Å². The van der Waals surface area contributed by atoms with Crippen molar-refractivity contribution < 1.29 is 14.6 Å². The number of ether oxygens (including phenoxy) is 2. The summed E-state index contributed by atoms with van der Waals surface area (Å²) in [7, 11) is 1.62. The molecule has 1 N–H and O–H groups in total. The predicted molar refractivity (Wildman–Crippen MR) is 36.9 cm³/mol. The highest BCUT2D eigenvalue weighted by atomic mass is 16.5. The third-order valence-corrected chi connectivity index (χ3v) is 2.01.